The van der Waals surface area contributed by atoms with Gasteiger partial charge in [0.05, 0.1) is 6.07 Å². The molecule has 1 aromatic heterocycles. The number of aromatic nitrogens is 2. The predicted octanol–water partition coefficient (Wildman–Crippen LogP) is 2.40. The summed E-state index contributed by atoms with van der Waals surface area (Å²) in [6.45, 7) is 1.49. The van der Waals surface area contributed by atoms with Gasteiger partial charge in [-0.25, -0.2) is 0 Å². The van der Waals surface area contributed by atoms with Gasteiger partial charge in [-0.1, -0.05) is 30.3 Å². The number of hydrogen-bond acceptors (Lipinski definition) is 3. The average Bonchev–Trinajstić information content (AvgIpc) is 2.86. The van der Waals surface area contributed by atoms with Crippen LogP contribution in [0.3, 0.4) is 0 Å². The number of carbonyl (C=O) groups excluding carboxylic acids is 1. The molecular formula is C16H17N3O. The van der Waals surface area contributed by atoms with Gasteiger partial charge in [0.1, 0.15) is 5.41 Å². The second kappa shape index (κ2) is 5.70. The SMILES string of the molecule is CC(=O)C(C#N)(CCc1ccnn1C)c1ccccc1. The molecule has 0 aliphatic carbocycles. The zero-order chi connectivity index (χ0) is 14.6. The van der Waals surface area contributed by atoms with E-state index in [-0.39, 0.29) is 5.78 Å². The van der Waals surface area contributed by atoms with Crippen LogP contribution in [-0.2, 0) is 23.7 Å². The number of nitriles is 1. The van der Waals surface area contributed by atoms with Crippen molar-refractivity contribution in [3.8, 4) is 6.07 Å². The second-order valence-corrected chi connectivity index (χ2v) is 4.89. The Balaban J connectivity index is 2.32. The van der Waals surface area contributed by atoms with Crippen molar-refractivity contribution in [2.75, 3.05) is 0 Å². The molecule has 0 aliphatic rings. The molecule has 1 heterocycles. The van der Waals surface area contributed by atoms with Crippen molar-refractivity contribution < 1.29 is 4.79 Å². The van der Waals surface area contributed by atoms with Crippen molar-refractivity contribution >= 4 is 5.78 Å². The van der Waals surface area contributed by atoms with E-state index in [9.17, 15) is 10.1 Å². The van der Waals surface area contributed by atoms with Gasteiger partial charge in [0.15, 0.2) is 5.78 Å². The summed E-state index contributed by atoms with van der Waals surface area (Å²) in [5.74, 6) is -0.117. The minimum Gasteiger partial charge on any atom is -0.298 e. The Morgan fingerprint density at radius 1 is 1.35 bits per heavy atom. The van der Waals surface area contributed by atoms with E-state index in [0.717, 1.165) is 11.3 Å². The van der Waals surface area contributed by atoms with Crippen molar-refractivity contribution in [1.29, 1.82) is 5.26 Å². The van der Waals surface area contributed by atoms with Gasteiger partial charge in [-0.15, -0.1) is 0 Å². The van der Waals surface area contributed by atoms with Crippen LogP contribution in [0.1, 0.15) is 24.6 Å². The van der Waals surface area contributed by atoms with E-state index in [2.05, 4.69) is 11.2 Å². The number of Topliss-reactive ketones (excluding diaryl/α,β-unsaturated/α-hetero) is 1. The van der Waals surface area contributed by atoms with Gasteiger partial charge in [0.2, 0.25) is 0 Å². The molecule has 1 atom stereocenters. The summed E-state index contributed by atoms with van der Waals surface area (Å²) in [5.41, 5.74) is 0.699. The molecule has 0 saturated heterocycles. The second-order valence-electron chi connectivity index (χ2n) is 4.89. The highest BCUT2D eigenvalue weighted by Gasteiger charge is 2.37. The van der Waals surface area contributed by atoms with Crippen LogP contribution in [0.25, 0.3) is 0 Å². The fraction of sp³-hybridized carbons (Fsp3) is 0.312. The molecular weight excluding hydrogens is 250 g/mol. The lowest BCUT2D eigenvalue weighted by Crippen LogP contribution is -2.33. The normalized spacial score (nSPS) is 13.4. The van der Waals surface area contributed by atoms with Crippen molar-refractivity contribution in [1.82, 2.24) is 9.78 Å². The Labute approximate surface area is 118 Å². The zero-order valence-corrected chi connectivity index (χ0v) is 11.7. The largest absolute Gasteiger partial charge is 0.298 e. The van der Waals surface area contributed by atoms with Crippen LogP contribution >= 0.6 is 0 Å². The van der Waals surface area contributed by atoms with Crippen LogP contribution in [0.4, 0.5) is 0 Å². The number of rotatable bonds is 5. The molecule has 0 spiro atoms. The molecule has 20 heavy (non-hydrogen) atoms. The lowest BCUT2D eigenvalue weighted by molar-refractivity contribution is -0.120. The van der Waals surface area contributed by atoms with Crippen molar-refractivity contribution in [2.24, 2.45) is 7.05 Å². The van der Waals surface area contributed by atoms with E-state index >= 15 is 0 Å². The Kier molecular flexibility index (Phi) is 3.99. The Bertz CT molecular complexity index is 639. The van der Waals surface area contributed by atoms with E-state index in [4.69, 9.17) is 0 Å². The van der Waals surface area contributed by atoms with Gasteiger partial charge in [-0.2, -0.15) is 10.4 Å². The lowest BCUT2D eigenvalue weighted by atomic mass is 9.74. The molecule has 0 fully saturated rings. The number of ketones is 1. The van der Waals surface area contributed by atoms with Crippen molar-refractivity contribution in [3.05, 3.63) is 53.9 Å². The molecule has 0 bridgehead atoms. The lowest BCUT2D eigenvalue weighted by Gasteiger charge is -2.24. The summed E-state index contributed by atoms with van der Waals surface area (Å²) < 4.78 is 1.77. The highest BCUT2D eigenvalue weighted by Crippen LogP contribution is 2.30. The van der Waals surface area contributed by atoms with Crippen molar-refractivity contribution in [3.63, 3.8) is 0 Å². The molecule has 0 radical (unpaired) electrons. The first kappa shape index (κ1) is 14.0. The smallest absolute Gasteiger partial charge is 0.154 e. The molecule has 0 saturated carbocycles. The van der Waals surface area contributed by atoms with Gasteiger partial charge >= 0.3 is 0 Å². The number of aryl methyl sites for hydroxylation is 2. The van der Waals surface area contributed by atoms with Crippen LogP contribution in [0.15, 0.2) is 42.6 Å². The Morgan fingerprint density at radius 3 is 2.55 bits per heavy atom. The summed E-state index contributed by atoms with van der Waals surface area (Å²) in [6.07, 6.45) is 2.82. The molecule has 2 rings (SSSR count). The van der Waals surface area contributed by atoms with Gasteiger partial charge < -0.3 is 0 Å². The van der Waals surface area contributed by atoms with Crippen LogP contribution in [0.2, 0.25) is 0 Å². The first-order chi connectivity index (χ1) is 9.60. The molecule has 1 unspecified atom stereocenters. The fourth-order valence-electron chi connectivity index (χ4n) is 2.41. The van der Waals surface area contributed by atoms with Crippen LogP contribution in [-0.4, -0.2) is 15.6 Å². The average molecular weight is 267 g/mol. The predicted molar refractivity (Wildman–Crippen MR) is 75.9 cm³/mol. The molecule has 0 N–H and O–H groups in total. The fourth-order valence-corrected chi connectivity index (χ4v) is 2.41. The minimum absolute atomic E-state index is 0.117. The van der Waals surface area contributed by atoms with Gasteiger partial charge in [0, 0.05) is 18.9 Å². The number of benzene rings is 1. The summed E-state index contributed by atoms with van der Waals surface area (Å²) >= 11 is 0. The molecule has 0 aliphatic heterocycles. The maximum atomic E-state index is 12.1. The Hall–Kier alpha value is -2.41. The summed E-state index contributed by atoms with van der Waals surface area (Å²) in [7, 11) is 1.86. The van der Waals surface area contributed by atoms with Gasteiger partial charge in [-0.3, -0.25) is 9.48 Å². The number of carbonyl (C=O) groups is 1. The van der Waals surface area contributed by atoms with E-state index in [1.807, 2.05) is 43.4 Å². The standard InChI is InChI=1S/C16H17N3O/c1-13(20)16(12-17,14-6-4-3-5-7-14)10-8-15-9-11-18-19(15)2/h3-7,9,11H,8,10H2,1-2H3. The molecule has 1 aromatic carbocycles. The van der Waals surface area contributed by atoms with Crippen LogP contribution in [0.5, 0.6) is 0 Å². The van der Waals surface area contributed by atoms with E-state index < -0.39 is 5.41 Å². The van der Waals surface area contributed by atoms with Crippen LogP contribution < -0.4 is 0 Å². The summed E-state index contributed by atoms with van der Waals surface area (Å²) in [6, 6.07) is 13.4. The maximum absolute atomic E-state index is 12.1. The van der Waals surface area contributed by atoms with E-state index in [1.54, 1.807) is 10.9 Å². The highest BCUT2D eigenvalue weighted by molar-refractivity contribution is 5.91. The number of nitrogens with zero attached hydrogens (tertiary/aromatic N) is 3. The van der Waals surface area contributed by atoms with Crippen LogP contribution in [0, 0.1) is 11.3 Å². The third kappa shape index (κ3) is 2.48. The molecule has 102 valence electrons. The first-order valence-electron chi connectivity index (χ1n) is 6.55. The summed E-state index contributed by atoms with van der Waals surface area (Å²) in [5, 5.41) is 13.7. The highest BCUT2D eigenvalue weighted by atomic mass is 16.1. The van der Waals surface area contributed by atoms with Crippen molar-refractivity contribution in [2.45, 2.75) is 25.2 Å². The van der Waals surface area contributed by atoms with E-state index in [0.29, 0.717) is 12.8 Å². The minimum atomic E-state index is -1.08. The van der Waals surface area contributed by atoms with Gasteiger partial charge in [0.25, 0.3) is 0 Å². The summed E-state index contributed by atoms with van der Waals surface area (Å²) in [4.78, 5) is 12.1. The molecule has 2 aromatic rings. The topological polar surface area (TPSA) is 58.7 Å². The molecule has 4 heteroatoms. The third-order valence-corrected chi connectivity index (χ3v) is 3.74. The monoisotopic (exact) mass is 267 g/mol. The Morgan fingerprint density at radius 2 is 2.05 bits per heavy atom. The van der Waals surface area contributed by atoms with Gasteiger partial charge in [-0.05, 0) is 31.4 Å². The first-order valence-corrected chi connectivity index (χ1v) is 6.55. The maximum Gasteiger partial charge on any atom is 0.154 e. The molecule has 0 amide bonds. The third-order valence-electron chi connectivity index (χ3n) is 3.74. The zero-order valence-electron chi connectivity index (χ0n) is 11.7. The molecule has 4 nitrogen and oxygen atoms in total. The quantitative estimate of drug-likeness (QED) is 0.835. The number of hydrogen-bond donors (Lipinski definition) is 0. The van der Waals surface area contributed by atoms with E-state index in [1.165, 1.54) is 6.92 Å².